The Morgan fingerprint density at radius 2 is 0.915 bits per heavy atom. The summed E-state index contributed by atoms with van der Waals surface area (Å²) < 4.78 is 5.82. The molecule has 0 amide bonds. The predicted octanol–water partition coefficient (Wildman–Crippen LogP) is 15.3. The van der Waals surface area contributed by atoms with Gasteiger partial charge in [-0.05, 0) is 90.4 Å². The molecule has 0 aromatic carbocycles. The largest absolute Gasteiger partial charge is 0.465 e. The van der Waals surface area contributed by atoms with Crippen LogP contribution in [0.5, 0.6) is 0 Å². The first-order valence-corrected chi connectivity index (χ1v) is 20.7. The summed E-state index contributed by atoms with van der Waals surface area (Å²) in [5.74, 6) is 0.0909. The van der Waals surface area contributed by atoms with Gasteiger partial charge in [0.2, 0.25) is 0 Å². The number of carbonyl (C=O) groups excluding carboxylic acids is 1. The highest BCUT2D eigenvalue weighted by molar-refractivity contribution is 5.72. The zero-order valence-electron chi connectivity index (χ0n) is 31.9. The van der Waals surface area contributed by atoms with Crippen molar-refractivity contribution in [1.82, 2.24) is 0 Å². The summed E-state index contributed by atoms with van der Waals surface area (Å²) in [5.41, 5.74) is 0. The first kappa shape index (κ1) is 45.2. The number of allylic oxidation sites excluding steroid dienone is 10. The van der Waals surface area contributed by atoms with Crippen molar-refractivity contribution in [1.29, 1.82) is 0 Å². The molecule has 0 N–H and O–H groups in total. The molecule has 0 aliphatic rings. The highest BCUT2D eigenvalue weighted by Gasteiger charge is 2.18. The molecule has 0 spiro atoms. The first-order chi connectivity index (χ1) is 23.3. The van der Waals surface area contributed by atoms with E-state index in [4.69, 9.17) is 4.74 Å². The average Bonchev–Trinajstić information content (AvgIpc) is 3.08. The van der Waals surface area contributed by atoms with Crippen molar-refractivity contribution in [2.45, 2.75) is 207 Å². The van der Waals surface area contributed by atoms with Gasteiger partial charge >= 0.3 is 5.97 Å². The molecule has 0 saturated carbocycles. The number of hydrogen-bond donors (Lipinski definition) is 0. The maximum absolute atomic E-state index is 13.0. The van der Waals surface area contributed by atoms with Gasteiger partial charge in [0.25, 0.3) is 0 Å². The first-order valence-electron chi connectivity index (χ1n) is 20.7. The van der Waals surface area contributed by atoms with Crippen LogP contribution in [0.25, 0.3) is 0 Å². The van der Waals surface area contributed by atoms with Gasteiger partial charge in [-0.3, -0.25) is 4.79 Å². The fourth-order valence-corrected chi connectivity index (χ4v) is 5.97. The SMILES string of the molecule is C/C=C/C/C=C\CCCCCCCCC(CC/C=C\C=C\CCCCCC)C(=O)OCCCCCCC/C=C/CCCCCCCC. The maximum Gasteiger partial charge on any atom is 0.308 e. The molecule has 0 heterocycles. The van der Waals surface area contributed by atoms with Crippen LogP contribution in [0.2, 0.25) is 0 Å². The minimum Gasteiger partial charge on any atom is -0.465 e. The van der Waals surface area contributed by atoms with E-state index in [0.717, 1.165) is 38.5 Å². The maximum atomic E-state index is 13.0. The molecule has 0 aromatic rings. The van der Waals surface area contributed by atoms with Gasteiger partial charge in [0.05, 0.1) is 12.5 Å². The van der Waals surface area contributed by atoms with Crippen LogP contribution >= 0.6 is 0 Å². The van der Waals surface area contributed by atoms with Crippen molar-refractivity contribution >= 4 is 5.97 Å². The van der Waals surface area contributed by atoms with Crippen LogP contribution in [0.4, 0.5) is 0 Å². The summed E-state index contributed by atoms with van der Waals surface area (Å²) >= 11 is 0. The van der Waals surface area contributed by atoms with Gasteiger partial charge < -0.3 is 4.74 Å². The Hall–Kier alpha value is -1.83. The van der Waals surface area contributed by atoms with Gasteiger partial charge in [-0.2, -0.15) is 0 Å². The third kappa shape index (κ3) is 36.8. The van der Waals surface area contributed by atoms with E-state index in [1.807, 2.05) is 0 Å². The number of rotatable bonds is 36. The molecule has 0 bridgehead atoms. The van der Waals surface area contributed by atoms with Gasteiger partial charge in [-0.25, -0.2) is 0 Å². The van der Waals surface area contributed by atoms with Crippen molar-refractivity contribution in [3.8, 4) is 0 Å². The number of ether oxygens (including phenoxy) is 1. The predicted molar refractivity (Wildman–Crippen MR) is 211 cm³/mol. The van der Waals surface area contributed by atoms with E-state index < -0.39 is 0 Å². The third-order valence-corrected chi connectivity index (χ3v) is 9.12. The molecule has 1 atom stereocenters. The van der Waals surface area contributed by atoms with Gasteiger partial charge in [0.1, 0.15) is 0 Å². The molecule has 2 heteroatoms. The van der Waals surface area contributed by atoms with Gasteiger partial charge in [0.15, 0.2) is 0 Å². The lowest BCUT2D eigenvalue weighted by Crippen LogP contribution is -2.18. The number of esters is 1. The van der Waals surface area contributed by atoms with Crippen molar-refractivity contribution in [2.75, 3.05) is 6.61 Å². The zero-order chi connectivity index (χ0) is 34.1. The molecule has 2 nitrogen and oxygen atoms in total. The Bertz CT molecular complexity index is 771. The molecule has 0 aliphatic carbocycles. The van der Waals surface area contributed by atoms with Crippen molar-refractivity contribution < 1.29 is 9.53 Å². The Morgan fingerprint density at radius 3 is 1.49 bits per heavy atom. The zero-order valence-corrected chi connectivity index (χ0v) is 31.9. The van der Waals surface area contributed by atoms with E-state index in [-0.39, 0.29) is 11.9 Å². The van der Waals surface area contributed by atoms with Gasteiger partial charge in [0, 0.05) is 0 Å². The summed E-state index contributed by atoms with van der Waals surface area (Å²) in [6.45, 7) is 7.21. The summed E-state index contributed by atoms with van der Waals surface area (Å²) in [6, 6.07) is 0. The average molecular weight is 653 g/mol. The second-order valence-electron chi connectivity index (χ2n) is 13.7. The molecular weight excluding hydrogens is 572 g/mol. The van der Waals surface area contributed by atoms with Crippen LogP contribution in [0, 0.1) is 5.92 Å². The van der Waals surface area contributed by atoms with Crippen LogP contribution in [0.3, 0.4) is 0 Å². The topological polar surface area (TPSA) is 26.3 Å². The smallest absolute Gasteiger partial charge is 0.308 e. The Kier molecular flexibility index (Phi) is 38.8. The van der Waals surface area contributed by atoms with Gasteiger partial charge in [-0.15, -0.1) is 0 Å². The summed E-state index contributed by atoms with van der Waals surface area (Å²) in [7, 11) is 0. The van der Waals surface area contributed by atoms with Crippen molar-refractivity contribution in [2.24, 2.45) is 5.92 Å². The molecule has 0 rings (SSSR count). The molecule has 272 valence electrons. The van der Waals surface area contributed by atoms with Crippen molar-refractivity contribution in [3.63, 3.8) is 0 Å². The van der Waals surface area contributed by atoms with E-state index in [1.165, 1.54) is 148 Å². The molecule has 0 aromatic heterocycles. The highest BCUT2D eigenvalue weighted by atomic mass is 16.5. The molecule has 0 fully saturated rings. The lowest BCUT2D eigenvalue weighted by molar-refractivity contribution is -0.149. The number of carbonyl (C=O) groups is 1. The molecular formula is C45H80O2. The van der Waals surface area contributed by atoms with E-state index in [1.54, 1.807) is 0 Å². The van der Waals surface area contributed by atoms with Crippen LogP contribution in [0.15, 0.2) is 60.8 Å². The third-order valence-electron chi connectivity index (χ3n) is 9.12. The van der Waals surface area contributed by atoms with Crippen LogP contribution in [-0.2, 0) is 9.53 Å². The molecule has 0 radical (unpaired) electrons. The van der Waals surface area contributed by atoms with Crippen LogP contribution in [-0.4, -0.2) is 12.6 Å². The van der Waals surface area contributed by atoms with Gasteiger partial charge in [-0.1, -0.05) is 177 Å². The van der Waals surface area contributed by atoms with E-state index in [2.05, 4.69) is 81.5 Å². The molecule has 0 saturated heterocycles. The minimum atomic E-state index is 0.0445. The quantitative estimate of drug-likeness (QED) is 0.0291. The summed E-state index contributed by atoms with van der Waals surface area (Å²) in [5, 5.41) is 0. The van der Waals surface area contributed by atoms with Crippen LogP contribution < -0.4 is 0 Å². The minimum absolute atomic E-state index is 0.0445. The monoisotopic (exact) mass is 653 g/mol. The number of hydrogen-bond acceptors (Lipinski definition) is 2. The fourth-order valence-electron chi connectivity index (χ4n) is 5.97. The van der Waals surface area contributed by atoms with Crippen LogP contribution in [0.1, 0.15) is 207 Å². The van der Waals surface area contributed by atoms with Crippen molar-refractivity contribution in [3.05, 3.63) is 60.8 Å². The standard InChI is InChI=1S/C45H80O2/c1-4-7-10-13-16-19-22-24-25-26-28-31-34-37-40-43-47-45(46)44(41-38-35-32-29-21-18-15-12-9-6-3)42-39-36-33-30-27-23-20-17-14-11-8-5-2/h5,8,14,17,21,24-25,29,32,35,44H,4,6-7,9-13,15-16,18-20,22-23,26-28,30-31,33-34,36-43H2,1-3H3/b8-5+,17-14-,25-24+,29-21+,35-32-. The Morgan fingerprint density at radius 1 is 0.468 bits per heavy atom. The van der Waals surface area contributed by atoms with E-state index in [0.29, 0.717) is 6.61 Å². The Labute approximate surface area is 295 Å². The lowest BCUT2D eigenvalue weighted by Gasteiger charge is -2.15. The lowest BCUT2D eigenvalue weighted by atomic mass is 9.95. The second-order valence-corrected chi connectivity index (χ2v) is 13.7. The van der Waals surface area contributed by atoms with E-state index in [9.17, 15) is 4.79 Å². The summed E-state index contributed by atoms with van der Waals surface area (Å²) in [4.78, 5) is 13.0. The number of unbranched alkanes of at least 4 members (excludes halogenated alkanes) is 21. The molecule has 1 unspecified atom stereocenters. The molecule has 47 heavy (non-hydrogen) atoms. The Balaban J connectivity index is 4.19. The summed E-state index contributed by atoms with van der Waals surface area (Å²) in [6.07, 6.45) is 58.3. The fraction of sp³-hybridized carbons (Fsp3) is 0.756. The second kappa shape index (κ2) is 40.3. The van der Waals surface area contributed by atoms with E-state index >= 15 is 0 Å². The normalized spacial score (nSPS) is 13.0. The molecule has 0 aliphatic heterocycles. The highest BCUT2D eigenvalue weighted by Crippen LogP contribution is 2.20.